The molecule has 226 valence electrons. The minimum absolute atomic E-state index is 0. The maximum absolute atomic E-state index is 12.9. The van der Waals surface area contributed by atoms with Crippen LogP contribution in [0.15, 0.2) is 94.9 Å². The molecule has 44 heavy (non-hydrogen) atoms. The van der Waals surface area contributed by atoms with E-state index in [9.17, 15) is 9.59 Å². The summed E-state index contributed by atoms with van der Waals surface area (Å²) in [7, 11) is -0.213. The summed E-state index contributed by atoms with van der Waals surface area (Å²) in [5, 5.41) is 7.71. The molecule has 0 aliphatic heterocycles. The molecule has 2 atom stereocenters. The predicted octanol–water partition coefficient (Wildman–Crippen LogP) is 3.50. The predicted molar refractivity (Wildman–Crippen MR) is 165 cm³/mol. The highest BCUT2D eigenvalue weighted by molar-refractivity contribution is 6.18. The average molecular weight is 617 g/mol. The van der Waals surface area contributed by atoms with Crippen molar-refractivity contribution in [3.8, 4) is 0 Å². The molecule has 0 saturated heterocycles. The lowest BCUT2D eigenvalue weighted by Crippen LogP contribution is -2.44. The first-order chi connectivity index (χ1) is 21.1. The van der Waals surface area contributed by atoms with E-state index in [-0.39, 0.29) is 44.7 Å². The summed E-state index contributed by atoms with van der Waals surface area (Å²) >= 11 is 0. The largest absolute Gasteiger partial charge is 0.464 e. The van der Waals surface area contributed by atoms with Crippen LogP contribution in [0.4, 0.5) is 0 Å². The number of imidazole rings is 2. The maximum atomic E-state index is 12.9. The highest BCUT2D eigenvalue weighted by Gasteiger charge is 2.21. The Kier molecular flexibility index (Phi) is 10.1. The number of aromatic amines is 2. The minimum Gasteiger partial charge on any atom is -0.464 e. The molecule has 2 aromatic carbocycles. The molecule has 14 heteroatoms. The number of nitrogens with one attached hydrogen (secondary N) is 4. The molecule has 4 heterocycles. The van der Waals surface area contributed by atoms with E-state index in [1.165, 1.54) is 12.7 Å². The number of carbonyl (C=O) groups is 2. The molecule has 0 saturated carbocycles. The number of carbonyl (C=O) groups excluding carboxylic acids is 2. The lowest BCUT2D eigenvalue weighted by molar-refractivity contribution is -0.123. The number of benzene rings is 2. The third-order valence-electron chi connectivity index (χ3n) is 6.93. The summed E-state index contributed by atoms with van der Waals surface area (Å²) < 4.78 is 23.5. The van der Waals surface area contributed by atoms with Gasteiger partial charge in [0.15, 0.2) is 0 Å². The van der Waals surface area contributed by atoms with E-state index in [4.69, 9.17) is 18.1 Å². The minimum atomic E-state index is -0.743. The molecular formula is C30H30BClN6O6. The summed E-state index contributed by atoms with van der Waals surface area (Å²) in [6, 6.07) is 15.3. The smallest absolute Gasteiger partial charge is 0.441 e. The Morgan fingerprint density at radius 2 is 1.20 bits per heavy atom. The normalized spacial score (nSPS) is 12.5. The number of fused-ring (bicyclic) bond motifs is 2. The van der Waals surface area contributed by atoms with Gasteiger partial charge in [0.25, 0.3) is 0 Å². The fraction of sp³-hybridized carbons (Fsp3) is 0.200. The van der Waals surface area contributed by atoms with E-state index in [0.717, 1.165) is 33.1 Å². The van der Waals surface area contributed by atoms with Gasteiger partial charge in [-0.05, 0) is 12.1 Å². The van der Waals surface area contributed by atoms with Crippen LogP contribution in [-0.4, -0.2) is 51.9 Å². The van der Waals surface area contributed by atoms with Crippen molar-refractivity contribution in [2.45, 2.75) is 38.1 Å². The van der Waals surface area contributed by atoms with Crippen LogP contribution in [0.5, 0.6) is 0 Å². The quantitative estimate of drug-likeness (QED) is 0.107. The number of nitrogens with zero attached hydrogens (tertiary/aromatic N) is 2. The zero-order valence-electron chi connectivity index (χ0n) is 23.5. The van der Waals surface area contributed by atoms with Gasteiger partial charge in [-0.1, -0.05) is 36.4 Å². The highest BCUT2D eigenvalue weighted by atomic mass is 35.5. The average Bonchev–Trinajstić information content (AvgIpc) is 3.82. The first-order valence-corrected chi connectivity index (χ1v) is 13.8. The van der Waals surface area contributed by atoms with Crippen LogP contribution >= 0.6 is 12.4 Å². The van der Waals surface area contributed by atoms with Crippen LogP contribution in [0, 0.1) is 0 Å². The molecule has 4 aromatic heterocycles. The van der Waals surface area contributed by atoms with Crippen LogP contribution in [0.2, 0.25) is 0 Å². The van der Waals surface area contributed by atoms with Crippen molar-refractivity contribution in [3.05, 3.63) is 109 Å². The van der Waals surface area contributed by atoms with Crippen LogP contribution in [0.3, 0.4) is 0 Å². The second-order valence-corrected chi connectivity index (χ2v) is 9.99. The number of halogens is 1. The molecule has 0 aliphatic rings. The fourth-order valence-electron chi connectivity index (χ4n) is 4.86. The third kappa shape index (κ3) is 7.75. The molecule has 0 unspecified atom stereocenters. The summed E-state index contributed by atoms with van der Waals surface area (Å²) in [6.45, 7) is 0. The molecule has 6 aromatic rings. The third-order valence-corrected chi connectivity index (χ3v) is 6.93. The first-order valence-electron chi connectivity index (χ1n) is 13.8. The van der Waals surface area contributed by atoms with Crippen molar-refractivity contribution in [3.63, 3.8) is 0 Å². The summed E-state index contributed by atoms with van der Waals surface area (Å²) in [4.78, 5) is 39.5. The summed E-state index contributed by atoms with van der Waals surface area (Å²) in [5.41, 5.74) is 4.57. The van der Waals surface area contributed by atoms with Gasteiger partial charge in [0.1, 0.15) is 23.6 Å². The highest BCUT2D eigenvalue weighted by Crippen LogP contribution is 2.23. The standard InChI is InChI=1S/C30H29BN6O6.ClH/c38-27(11-21-13-32-17-34-21)36-29(9-19-15-40-25-7-3-1-5-23(19)25)42-31-43-30(37-28(39)12-22-14-33-18-35-22)10-20-16-41-26-8-4-2-6-24(20)26;/h1-8,13-18,29-31H,9-12H2,(H,32,34)(H,33,35)(H,36,38)(H,37,39);1H/t29-,30-;/m1./s1. The molecule has 0 bridgehead atoms. The molecule has 6 rings (SSSR count). The Balaban J connectivity index is 0.00000384. The number of rotatable bonds is 14. The number of H-pyrrole nitrogens is 2. The van der Waals surface area contributed by atoms with Gasteiger partial charge < -0.3 is 38.7 Å². The van der Waals surface area contributed by atoms with Gasteiger partial charge in [0, 0.05) is 58.5 Å². The molecule has 12 nitrogen and oxygen atoms in total. The maximum Gasteiger partial charge on any atom is 0.441 e. The summed E-state index contributed by atoms with van der Waals surface area (Å²) in [5.74, 6) is -0.507. The van der Waals surface area contributed by atoms with Gasteiger partial charge in [-0.3, -0.25) is 9.59 Å². The molecule has 4 N–H and O–H groups in total. The van der Waals surface area contributed by atoms with E-state index in [2.05, 4.69) is 30.6 Å². The number of amides is 2. The van der Waals surface area contributed by atoms with Crippen LogP contribution in [0.25, 0.3) is 21.9 Å². The Hall–Kier alpha value is -4.85. The van der Waals surface area contributed by atoms with Crippen LogP contribution in [-0.2, 0) is 44.6 Å². The molecule has 0 fully saturated rings. The Morgan fingerprint density at radius 3 is 1.64 bits per heavy atom. The summed E-state index contributed by atoms with van der Waals surface area (Å²) in [6.07, 6.45) is 8.93. The topological polar surface area (TPSA) is 160 Å². The van der Waals surface area contributed by atoms with E-state index >= 15 is 0 Å². The molecule has 0 spiro atoms. The monoisotopic (exact) mass is 616 g/mol. The van der Waals surface area contributed by atoms with Crippen molar-refractivity contribution in [2.75, 3.05) is 0 Å². The van der Waals surface area contributed by atoms with Gasteiger partial charge in [0.2, 0.25) is 11.8 Å². The van der Waals surface area contributed by atoms with Crippen molar-refractivity contribution in [1.29, 1.82) is 0 Å². The number of para-hydroxylation sites is 2. The van der Waals surface area contributed by atoms with Gasteiger partial charge in [-0.2, -0.15) is 0 Å². The molecular weight excluding hydrogens is 587 g/mol. The lowest BCUT2D eigenvalue weighted by atomic mass is 10.1. The van der Waals surface area contributed by atoms with Crippen molar-refractivity contribution < 1.29 is 27.7 Å². The van der Waals surface area contributed by atoms with Gasteiger partial charge in [-0.25, -0.2) is 9.97 Å². The van der Waals surface area contributed by atoms with E-state index in [0.29, 0.717) is 24.2 Å². The van der Waals surface area contributed by atoms with Crippen molar-refractivity contribution in [1.82, 2.24) is 30.6 Å². The molecule has 0 radical (unpaired) electrons. The van der Waals surface area contributed by atoms with Gasteiger partial charge >= 0.3 is 7.69 Å². The second kappa shape index (κ2) is 14.6. The van der Waals surface area contributed by atoms with E-state index in [1.807, 2.05) is 48.5 Å². The Labute approximate surface area is 258 Å². The number of hydrogen-bond donors (Lipinski definition) is 4. The zero-order valence-corrected chi connectivity index (χ0v) is 24.3. The lowest BCUT2D eigenvalue weighted by Gasteiger charge is -2.22. The fourth-order valence-corrected chi connectivity index (χ4v) is 4.86. The molecule has 0 aliphatic carbocycles. The van der Waals surface area contributed by atoms with Crippen molar-refractivity contribution >= 4 is 53.8 Å². The van der Waals surface area contributed by atoms with Crippen LogP contribution in [0.1, 0.15) is 22.5 Å². The second-order valence-electron chi connectivity index (χ2n) is 9.99. The Bertz CT molecular complexity index is 1660. The SMILES string of the molecule is Cl.O=C(Cc1cnc[nH]1)N[C@@H](Cc1coc2ccccc12)OBO[C@H](Cc1coc2ccccc12)NC(=O)Cc1cnc[nH]1. The Morgan fingerprint density at radius 1 is 0.750 bits per heavy atom. The van der Waals surface area contributed by atoms with Gasteiger partial charge in [0.05, 0.1) is 38.0 Å². The van der Waals surface area contributed by atoms with E-state index < -0.39 is 12.5 Å². The zero-order chi connectivity index (χ0) is 29.4. The first kappa shape index (κ1) is 30.6. The van der Waals surface area contributed by atoms with Crippen LogP contribution < -0.4 is 10.6 Å². The molecule has 2 amide bonds. The number of hydrogen-bond acceptors (Lipinski definition) is 8. The van der Waals surface area contributed by atoms with Gasteiger partial charge in [-0.15, -0.1) is 12.4 Å². The number of aromatic nitrogens is 4. The van der Waals surface area contributed by atoms with E-state index in [1.54, 1.807) is 24.9 Å². The van der Waals surface area contributed by atoms with Crippen molar-refractivity contribution in [2.24, 2.45) is 0 Å². The number of furan rings is 2.